The quantitative estimate of drug-likeness (QED) is 0.793. The van der Waals surface area contributed by atoms with E-state index >= 15 is 0 Å². The average Bonchev–Trinajstić information content (AvgIpc) is 2.63. The minimum absolute atomic E-state index is 0.745. The molecule has 14 heavy (non-hydrogen) atoms. The van der Waals surface area contributed by atoms with Crippen molar-refractivity contribution in [2.75, 3.05) is 5.32 Å². The number of aromatic nitrogens is 1. The third-order valence-corrected chi connectivity index (χ3v) is 2.18. The van der Waals surface area contributed by atoms with Gasteiger partial charge in [0.25, 0.3) is 0 Å². The normalized spacial score (nSPS) is 10.1. The molecule has 1 aromatic heterocycles. The van der Waals surface area contributed by atoms with Gasteiger partial charge < -0.3 is 10.3 Å². The summed E-state index contributed by atoms with van der Waals surface area (Å²) < 4.78 is 0. The smallest absolute Gasteiger partial charge is 0.0583 e. The Kier molecular flexibility index (Phi) is 2.75. The van der Waals surface area contributed by atoms with Crippen molar-refractivity contribution in [1.82, 2.24) is 4.98 Å². The molecule has 72 valence electrons. The Morgan fingerprint density at radius 3 is 2.64 bits per heavy atom. The van der Waals surface area contributed by atoms with Gasteiger partial charge >= 0.3 is 0 Å². The number of anilines is 1. The Morgan fingerprint density at radius 2 is 2.00 bits per heavy atom. The standard InChI is InChI=1S/C11H11ClN2/c12-9-6-11(13-7-9)8-14-10-4-2-1-3-5-10/h1-7,13-14H,8H2. The Hall–Kier alpha value is -1.41. The van der Waals surface area contributed by atoms with Crippen molar-refractivity contribution in [3.63, 3.8) is 0 Å². The fourth-order valence-corrected chi connectivity index (χ4v) is 1.45. The van der Waals surface area contributed by atoms with Gasteiger partial charge in [0.2, 0.25) is 0 Å². The van der Waals surface area contributed by atoms with Crippen molar-refractivity contribution < 1.29 is 0 Å². The van der Waals surface area contributed by atoms with E-state index in [-0.39, 0.29) is 0 Å². The lowest BCUT2D eigenvalue weighted by Gasteiger charge is -2.03. The maximum Gasteiger partial charge on any atom is 0.0583 e. The van der Waals surface area contributed by atoms with E-state index in [4.69, 9.17) is 11.6 Å². The average molecular weight is 207 g/mol. The number of halogens is 1. The molecule has 2 rings (SSSR count). The molecule has 0 saturated heterocycles. The number of nitrogens with one attached hydrogen (secondary N) is 2. The van der Waals surface area contributed by atoms with Crippen LogP contribution in [0.25, 0.3) is 0 Å². The first-order chi connectivity index (χ1) is 6.84. The second kappa shape index (κ2) is 4.20. The van der Waals surface area contributed by atoms with Crippen LogP contribution in [0.4, 0.5) is 5.69 Å². The molecule has 0 fully saturated rings. The predicted molar refractivity (Wildman–Crippen MR) is 59.6 cm³/mol. The molecule has 2 nitrogen and oxygen atoms in total. The van der Waals surface area contributed by atoms with Crippen LogP contribution in [0.2, 0.25) is 5.02 Å². The van der Waals surface area contributed by atoms with E-state index in [1.807, 2.05) is 36.4 Å². The van der Waals surface area contributed by atoms with Gasteiger partial charge in [-0.15, -0.1) is 0 Å². The lowest BCUT2D eigenvalue weighted by molar-refractivity contribution is 1.07. The van der Waals surface area contributed by atoms with Gasteiger partial charge in [-0.05, 0) is 18.2 Å². The van der Waals surface area contributed by atoms with Crippen LogP contribution in [0.5, 0.6) is 0 Å². The van der Waals surface area contributed by atoms with E-state index in [1.54, 1.807) is 6.20 Å². The van der Waals surface area contributed by atoms with Gasteiger partial charge in [0.15, 0.2) is 0 Å². The van der Waals surface area contributed by atoms with Crippen LogP contribution in [0.3, 0.4) is 0 Å². The summed E-state index contributed by atoms with van der Waals surface area (Å²) in [7, 11) is 0. The second-order valence-corrected chi connectivity index (χ2v) is 3.50. The minimum Gasteiger partial charge on any atom is -0.379 e. The molecule has 0 amide bonds. The molecule has 0 aliphatic carbocycles. The highest BCUT2D eigenvalue weighted by atomic mass is 35.5. The van der Waals surface area contributed by atoms with E-state index in [1.165, 1.54) is 0 Å². The maximum absolute atomic E-state index is 5.78. The lowest BCUT2D eigenvalue weighted by Crippen LogP contribution is -1.98. The molecule has 0 saturated carbocycles. The Labute approximate surface area is 87.9 Å². The number of para-hydroxylation sites is 1. The van der Waals surface area contributed by atoms with E-state index in [0.717, 1.165) is 22.9 Å². The highest BCUT2D eigenvalue weighted by Crippen LogP contribution is 2.11. The summed E-state index contributed by atoms with van der Waals surface area (Å²) in [5.74, 6) is 0. The summed E-state index contributed by atoms with van der Waals surface area (Å²) in [4.78, 5) is 3.08. The fraction of sp³-hybridized carbons (Fsp3) is 0.0909. The molecule has 0 radical (unpaired) electrons. The van der Waals surface area contributed by atoms with Crippen LogP contribution in [0.1, 0.15) is 5.69 Å². The van der Waals surface area contributed by atoms with Crippen LogP contribution < -0.4 is 5.32 Å². The highest BCUT2D eigenvalue weighted by molar-refractivity contribution is 6.30. The van der Waals surface area contributed by atoms with E-state index in [9.17, 15) is 0 Å². The van der Waals surface area contributed by atoms with Crippen molar-refractivity contribution in [1.29, 1.82) is 0 Å². The van der Waals surface area contributed by atoms with Crippen molar-refractivity contribution in [3.05, 3.63) is 53.3 Å². The molecule has 1 heterocycles. The molecule has 2 aromatic rings. The number of aromatic amines is 1. The molecule has 0 unspecified atom stereocenters. The summed E-state index contributed by atoms with van der Waals surface area (Å²) in [6.45, 7) is 0.761. The predicted octanol–water partition coefficient (Wildman–Crippen LogP) is 3.28. The first-order valence-corrected chi connectivity index (χ1v) is 4.84. The summed E-state index contributed by atoms with van der Waals surface area (Å²) >= 11 is 5.78. The van der Waals surface area contributed by atoms with Crippen LogP contribution in [-0.4, -0.2) is 4.98 Å². The molecular formula is C11H11ClN2. The van der Waals surface area contributed by atoms with Gasteiger partial charge in [0.05, 0.1) is 11.6 Å². The number of hydrogen-bond donors (Lipinski definition) is 2. The molecule has 1 aromatic carbocycles. The third kappa shape index (κ3) is 2.30. The first-order valence-electron chi connectivity index (χ1n) is 4.46. The number of H-pyrrole nitrogens is 1. The molecule has 0 aliphatic rings. The number of benzene rings is 1. The first kappa shape index (κ1) is 9.16. The number of rotatable bonds is 3. The van der Waals surface area contributed by atoms with Crippen LogP contribution >= 0.6 is 11.6 Å². The van der Waals surface area contributed by atoms with Crippen LogP contribution in [0.15, 0.2) is 42.6 Å². The Morgan fingerprint density at radius 1 is 1.21 bits per heavy atom. The molecule has 0 bridgehead atoms. The van der Waals surface area contributed by atoms with Gasteiger partial charge in [0.1, 0.15) is 0 Å². The Balaban J connectivity index is 1.95. The molecule has 0 aliphatic heterocycles. The third-order valence-electron chi connectivity index (χ3n) is 1.96. The molecule has 0 spiro atoms. The van der Waals surface area contributed by atoms with Crippen molar-refractivity contribution in [2.24, 2.45) is 0 Å². The lowest BCUT2D eigenvalue weighted by atomic mass is 10.3. The Bertz CT molecular complexity index is 395. The minimum atomic E-state index is 0.745. The summed E-state index contributed by atoms with van der Waals surface area (Å²) in [5, 5.41) is 4.03. The zero-order valence-electron chi connectivity index (χ0n) is 7.63. The summed E-state index contributed by atoms with van der Waals surface area (Å²) in [6, 6.07) is 12.0. The van der Waals surface area contributed by atoms with Gasteiger partial charge in [-0.25, -0.2) is 0 Å². The zero-order chi connectivity index (χ0) is 9.80. The van der Waals surface area contributed by atoms with E-state index in [0.29, 0.717) is 0 Å². The van der Waals surface area contributed by atoms with Crippen LogP contribution in [0, 0.1) is 0 Å². The van der Waals surface area contributed by atoms with Crippen molar-refractivity contribution >= 4 is 17.3 Å². The van der Waals surface area contributed by atoms with Crippen LogP contribution in [-0.2, 0) is 6.54 Å². The van der Waals surface area contributed by atoms with Gasteiger partial charge in [-0.2, -0.15) is 0 Å². The highest BCUT2D eigenvalue weighted by Gasteiger charge is 1.95. The zero-order valence-corrected chi connectivity index (χ0v) is 8.38. The second-order valence-electron chi connectivity index (χ2n) is 3.06. The SMILES string of the molecule is Clc1c[nH]c(CNc2ccccc2)c1. The fourth-order valence-electron chi connectivity index (χ4n) is 1.27. The number of hydrogen-bond acceptors (Lipinski definition) is 1. The maximum atomic E-state index is 5.78. The van der Waals surface area contributed by atoms with E-state index < -0.39 is 0 Å². The summed E-state index contributed by atoms with van der Waals surface area (Å²) in [5.41, 5.74) is 2.19. The topological polar surface area (TPSA) is 27.8 Å². The van der Waals surface area contributed by atoms with Gasteiger partial charge in [0, 0.05) is 17.6 Å². The van der Waals surface area contributed by atoms with Gasteiger partial charge in [-0.3, -0.25) is 0 Å². The van der Waals surface area contributed by atoms with E-state index in [2.05, 4.69) is 10.3 Å². The largest absolute Gasteiger partial charge is 0.379 e. The monoisotopic (exact) mass is 206 g/mol. The van der Waals surface area contributed by atoms with Crippen molar-refractivity contribution in [2.45, 2.75) is 6.54 Å². The van der Waals surface area contributed by atoms with Gasteiger partial charge in [-0.1, -0.05) is 29.8 Å². The molecule has 0 atom stereocenters. The molecule has 3 heteroatoms. The molecule has 2 N–H and O–H groups in total. The summed E-state index contributed by atoms with van der Waals surface area (Å²) in [6.07, 6.45) is 1.78. The van der Waals surface area contributed by atoms with Crippen molar-refractivity contribution in [3.8, 4) is 0 Å². The molecular weight excluding hydrogens is 196 g/mol.